The van der Waals surface area contributed by atoms with Crippen LogP contribution in [-0.2, 0) is 0 Å². The van der Waals surface area contributed by atoms with Crippen LogP contribution in [0.4, 0.5) is 10.1 Å². The number of aryl methyl sites for hydroxylation is 1. The molecule has 5 heteroatoms. The summed E-state index contributed by atoms with van der Waals surface area (Å²) in [6, 6.07) is 7.66. The number of ether oxygens (including phenoxy) is 1. The second-order valence-electron chi connectivity index (χ2n) is 3.54. The standard InChI is InChI=1S/C12H10ClFN2O/c1-7-2-3-8(6-9(7)14)17-12-10(15)4-5-11(13)16-12/h2-6H,15H2,1H3. The summed E-state index contributed by atoms with van der Waals surface area (Å²) in [4.78, 5) is 3.92. The largest absolute Gasteiger partial charge is 0.437 e. The Morgan fingerprint density at radius 2 is 2.06 bits per heavy atom. The third kappa shape index (κ3) is 2.65. The summed E-state index contributed by atoms with van der Waals surface area (Å²) in [6.07, 6.45) is 0. The van der Waals surface area contributed by atoms with Gasteiger partial charge in [-0.3, -0.25) is 0 Å². The third-order valence-electron chi connectivity index (χ3n) is 2.21. The summed E-state index contributed by atoms with van der Waals surface area (Å²) in [7, 11) is 0. The lowest BCUT2D eigenvalue weighted by atomic mass is 10.2. The average Bonchev–Trinajstić information content (AvgIpc) is 2.29. The molecule has 0 unspecified atom stereocenters. The third-order valence-corrected chi connectivity index (χ3v) is 2.42. The highest BCUT2D eigenvalue weighted by Crippen LogP contribution is 2.27. The van der Waals surface area contributed by atoms with Crippen LogP contribution in [0.1, 0.15) is 5.56 Å². The van der Waals surface area contributed by atoms with Gasteiger partial charge < -0.3 is 10.5 Å². The minimum Gasteiger partial charge on any atom is -0.437 e. The van der Waals surface area contributed by atoms with Gasteiger partial charge in [0.25, 0.3) is 0 Å². The Balaban J connectivity index is 2.31. The number of pyridine rings is 1. The van der Waals surface area contributed by atoms with Crippen molar-refractivity contribution in [2.24, 2.45) is 0 Å². The van der Waals surface area contributed by atoms with Gasteiger partial charge in [-0.1, -0.05) is 17.7 Å². The maximum Gasteiger partial charge on any atom is 0.244 e. The van der Waals surface area contributed by atoms with E-state index >= 15 is 0 Å². The summed E-state index contributed by atoms with van der Waals surface area (Å²) in [5.74, 6) is 0.151. The monoisotopic (exact) mass is 252 g/mol. The summed E-state index contributed by atoms with van der Waals surface area (Å²) < 4.78 is 18.7. The van der Waals surface area contributed by atoms with Crippen molar-refractivity contribution < 1.29 is 9.13 Å². The molecule has 0 saturated carbocycles. The van der Waals surface area contributed by atoms with Gasteiger partial charge in [-0.15, -0.1) is 0 Å². The second kappa shape index (κ2) is 4.59. The fourth-order valence-electron chi connectivity index (χ4n) is 1.26. The van der Waals surface area contributed by atoms with Crippen LogP contribution in [0.2, 0.25) is 5.15 Å². The minimum atomic E-state index is -0.344. The molecule has 0 radical (unpaired) electrons. The molecule has 0 amide bonds. The Labute approximate surface area is 103 Å². The Hall–Kier alpha value is -1.81. The normalized spacial score (nSPS) is 10.3. The Morgan fingerprint density at radius 1 is 1.29 bits per heavy atom. The van der Waals surface area contributed by atoms with Gasteiger partial charge in [-0.2, -0.15) is 4.98 Å². The van der Waals surface area contributed by atoms with Crippen LogP contribution >= 0.6 is 11.6 Å². The fourth-order valence-corrected chi connectivity index (χ4v) is 1.40. The van der Waals surface area contributed by atoms with Gasteiger partial charge in [-0.25, -0.2) is 4.39 Å². The van der Waals surface area contributed by atoms with Crippen molar-refractivity contribution in [1.82, 2.24) is 4.98 Å². The van der Waals surface area contributed by atoms with E-state index in [1.807, 2.05) is 0 Å². The number of halogens is 2. The number of nitrogens with zero attached hydrogens (tertiary/aromatic N) is 1. The molecule has 0 fully saturated rings. The summed E-state index contributed by atoms with van der Waals surface area (Å²) in [5, 5.41) is 0.266. The van der Waals surface area contributed by atoms with E-state index < -0.39 is 0 Å². The number of nitrogens with two attached hydrogens (primary N) is 1. The molecule has 2 rings (SSSR count). The van der Waals surface area contributed by atoms with Gasteiger partial charge >= 0.3 is 0 Å². The van der Waals surface area contributed by atoms with Crippen LogP contribution in [-0.4, -0.2) is 4.98 Å². The van der Waals surface area contributed by atoms with Gasteiger partial charge in [0.05, 0.1) is 5.69 Å². The average molecular weight is 253 g/mol. The smallest absolute Gasteiger partial charge is 0.244 e. The van der Waals surface area contributed by atoms with E-state index in [4.69, 9.17) is 22.1 Å². The predicted octanol–water partition coefficient (Wildman–Crippen LogP) is 3.56. The van der Waals surface area contributed by atoms with E-state index in [0.29, 0.717) is 17.0 Å². The van der Waals surface area contributed by atoms with E-state index in [2.05, 4.69) is 4.98 Å². The van der Waals surface area contributed by atoms with Gasteiger partial charge in [0.15, 0.2) is 0 Å². The molecule has 1 heterocycles. The molecule has 0 spiro atoms. The molecule has 0 aliphatic carbocycles. The lowest BCUT2D eigenvalue weighted by Gasteiger charge is -2.08. The van der Waals surface area contributed by atoms with Crippen molar-refractivity contribution in [2.75, 3.05) is 5.73 Å². The number of anilines is 1. The second-order valence-corrected chi connectivity index (χ2v) is 3.93. The number of benzene rings is 1. The van der Waals surface area contributed by atoms with E-state index in [1.54, 1.807) is 31.2 Å². The highest BCUT2D eigenvalue weighted by atomic mass is 35.5. The van der Waals surface area contributed by atoms with Crippen LogP contribution < -0.4 is 10.5 Å². The summed E-state index contributed by atoms with van der Waals surface area (Å²) in [5.41, 5.74) is 6.55. The Kier molecular flexibility index (Phi) is 3.15. The molecule has 88 valence electrons. The molecule has 17 heavy (non-hydrogen) atoms. The molecule has 2 N–H and O–H groups in total. The zero-order chi connectivity index (χ0) is 12.4. The first-order valence-corrected chi connectivity index (χ1v) is 5.30. The van der Waals surface area contributed by atoms with E-state index in [9.17, 15) is 4.39 Å². The highest BCUT2D eigenvalue weighted by molar-refractivity contribution is 6.29. The number of aromatic nitrogens is 1. The Bertz CT molecular complexity index is 560. The van der Waals surface area contributed by atoms with Crippen LogP contribution in [0.15, 0.2) is 30.3 Å². The van der Waals surface area contributed by atoms with Gasteiger partial charge in [-0.05, 0) is 30.7 Å². The molecule has 0 atom stereocenters. The zero-order valence-corrected chi connectivity index (χ0v) is 9.83. The quantitative estimate of drug-likeness (QED) is 0.832. The van der Waals surface area contributed by atoms with Crippen LogP contribution in [0.5, 0.6) is 11.6 Å². The number of hydrogen-bond acceptors (Lipinski definition) is 3. The molecule has 0 aliphatic heterocycles. The van der Waals surface area contributed by atoms with Crippen LogP contribution in [0.25, 0.3) is 0 Å². The fraction of sp³-hybridized carbons (Fsp3) is 0.0833. The van der Waals surface area contributed by atoms with Crippen molar-refractivity contribution >= 4 is 17.3 Å². The van der Waals surface area contributed by atoms with Gasteiger partial charge in [0.1, 0.15) is 16.7 Å². The number of nitrogen functional groups attached to an aromatic ring is 1. The molecule has 1 aromatic heterocycles. The molecule has 3 nitrogen and oxygen atoms in total. The summed E-state index contributed by atoms with van der Waals surface area (Å²) >= 11 is 5.72. The van der Waals surface area contributed by atoms with Gasteiger partial charge in [0, 0.05) is 6.07 Å². The molecular formula is C12H10ClFN2O. The predicted molar refractivity (Wildman–Crippen MR) is 64.9 cm³/mol. The van der Waals surface area contributed by atoms with E-state index in [0.717, 1.165) is 0 Å². The molecule has 0 bridgehead atoms. The molecule has 0 saturated heterocycles. The first-order valence-electron chi connectivity index (χ1n) is 4.92. The highest BCUT2D eigenvalue weighted by Gasteiger charge is 2.06. The minimum absolute atomic E-state index is 0.167. The maximum atomic E-state index is 13.3. The van der Waals surface area contributed by atoms with Crippen LogP contribution in [0, 0.1) is 12.7 Å². The Morgan fingerprint density at radius 3 is 2.76 bits per heavy atom. The van der Waals surface area contributed by atoms with Crippen LogP contribution in [0.3, 0.4) is 0 Å². The van der Waals surface area contributed by atoms with E-state index in [-0.39, 0.29) is 16.9 Å². The lowest BCUT2D eigenvalue weighted by molar-refractivity contribution is 0.460. The first-order chi connectivity index (χ1) is 8.06. The first kappa shape index (κ1) is 11.7. The zero-order valence-electron chi connectivity index (χ0n) is 9.08. The van der Waals surface area contributed by atoms with Crippen molar-refractivity contribution in [3.63, 3.8) is 0 Å². The number of hydrogen-bond donors (Lipinski definition) is 1. The van der Waals surface area contributed by atoms with Crippen molar-refractivity contribution in [2.45, 2.75) is 6.92 Å². The van der Waals surface area contributed by atoms with Crippen molar-refractivity contribution in [3.05, 3.63) is 46.9 Å². The SMILES string of the molecule is Cc1ccc(Oc2nc(Cl)ccc2N)cc1F. The molecule has 0 aliphatic rings. The summed E-state index contributed by atoms with van der Waals surface area (Å²) in [6.45, 7) is 1.67. The van der Waals surface area contributed by atoms with Gasteiger partial charge in [0.2, 0.25) is 5.88 Å². The molecule has 1 aromatic carbocycles. The van der Waals surface area contributed by atoms with Crippen molar-refractivity contribution in [3.8, 4) is 11.6 Å². The number of rotatable bonds is 2. The van der Waals surface area contributed by atoms with Crippen molar-refractivity contribution in [1.29, 1.82) is 0 Å². The maximum absolute atomic E-state index is 13.3. The molecule has 2 aromatic rings. The van der Waals surface area contributed by atoms with E-state index in [1.165, 1.54) is 6.07 Å². The topological polar surface area (TPSA) is 48.1 Å². The molecular weight excluding hydrogens is 243 g/mol. The lowest BCUT2D eigenvalue weighted by Crippen LogP contribution is -1.95.